The first kappa shape index (κ1) is 14.1. The fraction of sp³-hybridized carbons (Fsp3) is 0.286. The quantitative estimate of drug-likeness (QED) is 0.808. The second kappa shape index (κ2) is 6.23. The van der Waals surface area contributed by atoms with Gasteiger partial charge in [0.1, 0.15) is 5.69 Å². The maximum Gasteiger partial charge on any atom is 0.200 e. The molecule has 100 valence electrons. The molecule has 19 heavy (non-hydrogen) atoms. The second-order valence-electron chi connectivity index (χ2n) is 4.07. The maximum absolute atomic E-state index is 5.20. The van der Waals surface area contributed by atoms with Crippen molar-refractivity contribution in [3.8, 4) is 11.4 Å². The average Bonchev–Trinajstić information content (AvgIpc) is 2.44. The summed E-state index contributed by atoms with van der Waals surface area (Å²) in [6.07, 6.45) is 1.23. The van der Waals surface area contributed by atoms with E-state index in [0.717, 1.165) is 10.0 Å². The molecule has 0 atom stereocenters. The van der Waals surface area contributed by atoms with E-state index in [1.807, 2.05) is 25.1 Å². The van der Waals surface area contributed by atoms with Crippen LogP contribution in [0.2, 0.25) is 0 Å². The minimum absolute atomic E-state index is 0.476. The smallest absolute Gasteiger partial charge is 0.200 e. The Labute approximate surface area is 120 Å². The Balaban J connectivity index is 2.40. The van der Waals surface area contributed by atoms with E-state index in [1.165, 1.54) is 5.56 Å². The zero-order chi connectivity index (χ0) is 13.8. The van der Waals surface area contributed by atoms with E-state index in [2.05, 4.69) is 25.9 Å². The largest absolute Gasteiger partial charge is 0.350 e. The average molecular weight is 323 g/mol. The van der Waals surface area contributed by atoms with Gasteiger partial charge < -0.3 is 9.47 Å². The molecule has 0 bridgehead atoms. The molecule has 1 heterocycles. The fourth-order valence-corrected chi connectivity index (χ4v) is 2.09. The van der Waals surface area contributed by atoms with Gasteiger partial charge in [-0.3, -0.25) is 0 Å². The summed E-state index contributed by atoms with van der Waals surface area (Å²) in [5, 5.41) is 0. The summed E-state index contributed by atoms with van der Waals surface area (Å²) < 4.78 is 11.4. The monoisotopic (exact) mass is 322 g/mol. The molecular weight excluding hydrogens is 308 g/mol. The third-order valence-corrected chi connectivity index (χ3v) is 3.63. The number of nitrogens with zero attached hydrogens (tertiary/aromatic N) is 2. The van der Waals surface area contributed by atoms with Crippen LogP contribution in [0.1, 0.15) is 17.5 Å². The first-order chi connectivity index (χ1) is 9.15. The standard InChI is InChI=1S/C14H15BrN2O2/c1-9-4-5-10(8-11(9)15)13-16-7-6-12(17-13)14(18-2)19-3/h4-8,14H,1-3H3. The lowest BCUT2D eigenvalue weighted by atomic mass is 10.1. The molecule has 2 aromatic rings. The van der Waals surface area contributed by atoms with Gasteiger partial charge in [-0.05, 0) is 24.6 Å². The lowest BCUT2D eigenvalue weighted by Crippen LogP contribution is -2.07. The number of hydrogen-bond donors (Lipinski definition) is 0. The van der Waals surface area contributed by atoms with Crippen molar-refractivity contribution in [2.75, 3.05) is 14.2 Å². The summed E-state index contributed by atoms with van der Waals surface area (Å²) in [6.45, 7) is 2.04. The van der Waals surface area contributed by atoms with Crippen LogP contribution in [0.5, 0.6) is 0 Å². The summed E-state index contributed by atoms with van der Waals surface area (Å²) in [7, 11) is 3.16. The predicted octanol–water partition coefficient (Wildman–Crippen LogP) is 3.51. The van der Waals surface area contributed by atoms with E-state index >= 15 is 0 Å². The molecule has 1 aromatic carbocycles. The van der Waals surface area contributed by atoms with Crippen molar-refractivity contribution in [2.24, 2.45) is 0 Å². The Hall–Kier alpha value is -1.30. The fourth-order valence-electron chi connectivity index (χ4n) is 1.71. The number of hydrogen-bond acceptors (Lipinski definition) is 4. The molecule has 0 fully saturated rings. The van der Waals surface area contributed by atoms with E-state index in [4.69, 9.17) is 9.47 Å². The number of benzene rings is 1. The first-order valence-electron chi connectivity index (χ1n) is 5.80. The Kier molecular flexibility index (Phi) is 4.63. The van der Waals surface area contributed by atoms with Crippen LogP contribution < -0.4 is 0 Å². The molecule has 0 N–H and O–H groups in total. The molecule has 0 unspecified atom stereocenters. The van der Waals surface area contributed by atoms with Crippen LogP contribution in [0.25, 0.3) is 11.4 Å². The molecule has 4 nitrogen and oxygen atoms in total. The van der Waals surface area contributed by atoms with E-state index in [1.54, 1.807) is 26.5 Å². The highest BCUT2D eigenvalue weighted by Crippen LogP contribution is 2.24. The third-order valence-electron chi connectivity index (χ3n) is 2.78. The molecule has 0 radical (unpaired) electrons. The Morgan fingerprint density at radius 1 is 1.16 bits per heavy atom. The number of methoxy groups -OCH3 is 2. The van der Waals surface area contributed by atoms with Crippen molar-refractivity contribution in [1.29, 1.82) is 0 Å². The number of rotatable bonds is 4. The van der Waals surface area contributed by atoms with Crippen molar-refractivity contribution in [3.63, 3.8) is 0 Å². The normalized spacial score (nSPS) is 11.0. The number of halogens is 1. The maximum atomic E-state index is 5.20. The van der Waals surface area contributed by atoms with Crippen molar-refractivity contribution in [1.82, 2.24) is 9.97 Å². The van der Waals surface area contributed by atoms with Gasteiger partial charge in [-0.1, -0.05) is 28.1 Å². The molecule has 0 saturated carbocycles. The molecule has 0 spiro atoms. The van der Waals surface area contributed by atoms with Gasteiger partial charge in [0, 0.05) is 30.5 Å². The lowest BCUT2D eigenvalue weighted by molar-refractivity contribution is -0.108. The zero-order valence-corrected chi connectivity index (χ0v) is 12.6. The minimum Gasteiger partial charge on any atom is -0.350 e. The van der Waals surface area contributed by atoms with Crippen molar-refractivity contribution >= 4 is 15.9 Å². The number of ether oxygens (including phenoxy) is 2. The summed E-state index contributed by atoms with van der Waals surface area (Å²) in [4.78, 5) is 8.76. The van der Waals surface area contributed by atoms with Crippen molar-refractivity contribution in [2.45, 2.75) is 13.2 Å². The molecule has 5 heteroatoms. The van der Waals surface area contributed by atoms with Gasteiger partial charge in [-0.15, -0.1) is 0 Å². The van der Waals surface area contributed by atoms with Gasteiger partial charge in [0.05, 0.1) is 0 Å². The van der Waals surface area contributed by atoms with Crippen molar-refractivity contribution < 1.29 is 9.47 Å². The summed E-state index contributed by atoms with van der Waals surface area (Å²) >= 11 is 3.51. The van der Waals surface area contributed by atoms with Crippen LogP contribution in [0, 0.1) is 6.92 Å². The first-order valence-corrected chi connectivity index (χ1v) is 6.60. The van der Waals surface area contributed by atoms with Gasteiger partial charge in [0.15, 0.2) is 5.82 Å². The van der Waals surface area contributed by atoms with Crippen molar-refractivity contribution in [3.05, 3.63) is 46.2 Å². The van der Waals surface area contributed by atoms with E-state index in [0.29, 0.717) is 11.5 Å². The molecular formula is C14H15BrN2O2. The van der Waals surface area contributed by atoms with E-state index < -0.39 is 6.29 Å². The van der Waals surface area contributed by atoms with E-state index in [-0.39, 0.29) is 0 Å². The number of aryl methyl sites for hydroxylation is 1. The zero-order valence-electron chi connectivity index (χ0n) is 11.1. The highest BCUT2D eigenvalue weighted by atomic mass is 79.9. The topological polar surface area (TPSA) is 44.2 Å². The number of aromatic nitrogens is 2. The molecule has 2 rings (SSSR count). The summed E-state index contributed by atoms with van der Waals surface area (Å²) in [5.41, 5.74) is 2.82. The molecule has 1 aromatic heterocycles. The highest BCUT2D eigenvalue weighted by molar-refractivity contribution is 9.10. The summed E-state index contributed by atoms with van der Waals surface area (Å²) in [6, 6.07) is 7.81. The minimum atomic E-state index is -0.476. The van der Waals surface area contributed by atoms with Crippen LogP contribution in [0.4, 0.5) is 0 Å². The van der Waals surface area contributed by atoms with Crippen LogP contribution in [-0.4, -0.2) is 24.2 Å². The van der Waals surface area contributed by atoms with Crippen LogP contribution >= 0.6 is 15.9 Å². The van der Waals surface area contributed by atoms with E-state index in [9.17, 15) is 0 Å². The van der Waals surface area contributed by atoms with Gasteiger partial charge in [0.25, 0.3) is 0 Å². The molecule has 0 saturated heterocycles. The lowest BCUT2D eigenvalue weighted by Gasteiger charge is -2.13. The molecule has 0 aliphatic heterocycles. The predicted molar refractivity (Wildman–Crippen MR) is 76.7 cm³/mol. The van der Waals surface area contributed by atoms with Gasteiger partial charge in [0.2, 0.25) is 6.29 Å². The Morgan fingerprint density at radius 3 is 2.53 bits per heavy atom. The van der Waals surface area contributed by atoms with Crippen LogP contribution in [0.15, 0.2) is 34.9 Å². The second-order valence-corrected chi connectivity index (χ2v) is 4.93. The highest BCUT2D eigenvalue weighted by Gasteiger charge is 2.12. The third kappa shape index (κ3) is 3.18. The van der Waals surface area contributed by atoms with Gasteiger partial charge >= 0.3 is 0 Å². The molecule has 0 aliphatic carbocycles. The Bertz CT molecular complexity index is 571. The van der Waals surface area contributed by atoms with Crippen LogP contribution in [0.3, 0.4) is 0 Å². The van der Waals surface area contributed by atoms with Gasteiger partial charge in [-0.2, -0.15) is 0 Å². The van der Waals surface area contributed by atoms with Crippen LogP contribution in [-0.2, 0) is 9.47 Å². The van der Waals surface area contributed by atoms with Gasteiger partial charge in [-0.25, -0.2) is 9.97 Å². The molecule has 0 amide bonds. The summed E-state index contributed by atoms with van der Waals surface area (Å²) in [5.74, 6) is 0.650. The Morgan fingerprint density at radius 2 is 1.89 bits per heavy atom. The SMILES string of the molecule is COC(OC)c1ccnc(-c2ccc(C)c(Br)c2)n1. The molecule has 0 aliphatic rings.